The van der Waals surface area contributed by atoms with Crippen molar-refractivity contribution in [3.05, 3.63) is 82.6 Å². The first kappa shape index (κ1) is 25.8. The first-order valence-electron chi connectivity index (χ1n) is 12.4. The third-order valence-electron chi connectivity index (χ3n) is 7.24. The quantitative estimate of drug-likeness (QED) is 0.304. The molecule has 0 fully saturated rings. The van der Waals surface area contributed by atoms with Gasteiger partial charge in [0.2, 0.25) is 0 Å². The fraction of sp³-hybridized carbons (Fsp3) is 0.310. The Balaban J connectivity index is 1.64. The molecule has 0 spiro atoms. The number of hydrogen-bond acceptors (Lipinski definition) is 5. The zero-order chi connectivity index (χ0) is 27.2. The number of benzene rings is 2. The summed E-state index contributed by atoms with van der Waals surface area (Å²) in [5.74, 6) is 0.0564. The molecule has 0 radical (unpaired) electrons. The van der Waals surface area contributed by atoms with E-state index < -0.39 is 23.8 Å². The molecular formula is C29H29F3N4O2. The zero-order valence-corrected chi connectivity index (χ0v) is 21.7. The van der Waals surface area contributed by atoms with Crippen molar-refractivity contribution in [2.75, 3.05) is 32.6 Å². The molecule has 2 aromatic heterocycles. The van der Waals surface area contributed by atoms with Gasteiger partial charge >= 0.3 is 12.1 Å². The van der Waals surface area contributed by atoms with E-state index in [2.05, 4.69) is 35.5 Å². The van der Waals surface area contributed by atoms with Gasteiger partial charge in [-0.3, -0.25) is 0 Å². The molecule has 1 aliphatic rings. The normalized spacial score (nSPS) is 15.5. The molecule has 1 aliphatic heterocycles. The van der Waals surface area contributed by atoms with Crippen LogP contribution >= 0.6 is 0 Å². The van der Waals surface area contributed by atoms with Crippen molar-refractivity contribution < 1.29 is 22.7 Å². The number of rotatable bonds is 5. The summed E-state index contributed by atoms with van der Waals surface area (Å²) in [7, 11) is 3.41. The van der Waals surface area contributed by atoms with Gasteiger partial charge in [0.05, 0.1) is 29.8 Å². The van der Waals surface area contributed by atoms with Crippen LogP contribution in [0, 0.1) is 6.92 Å². The van der Waals surface area contributed by atoms with Gasteiger partial charge in [0.1, 0.15) is 11.5 Å². The molecule has 2 aromatic carbocycles. The van der Waals surface area contributed by atoms with Crippen LogP contribution in [0.3, 0.4) is 0 Å². The average Bonchev–Trinajstić information content (AvgIpc) is 3.32. The summed E-state index contributed by atoms with van der Waals surface area (Å²) < 4.78 is 47.4. The summed E-state index contributed by atoms with van der Waals surface area (Å²) in [4.78, 5) is 19.3. The van der Waals surface area contributed by atoms with E-state index in [4.69, 9.17) is 9.72 Å². The van der Waals surface area contributed by atoms with Crippen LogP contribution in [0.5, 0.6) is 0 Å². The maximum absolute atomic E-state index is 13.6. The Bertz CT molecular complexity index is 1570. The highest BCUT2D eigenvalue weighted by atomic mass is 19.4. The van der Waals surface area contributed by atoms with Gasteiger partial charge in [0.15, 0.2) is 0 Å². The average molecular weight is 523 g/mol. The third-order valence-corrected chi connectivity index (χ3v) is 7.24. The molecule has 4 aromatic rings. The first-order valence-corrected chi connectivity index (χ1v) is 12.4. The number of hydrogen-bond donors (Lipinski definition) is 1. The van der Waals surface area contributed by atoms with Crippen molar-refractivity contribution in [1.29, 1.82) is 0 Å². The van der Waals surface area contributed by atoms with E-state index in [9.17, 15) is 18.0 Å². The van der Waals surface area contributed by atoms with Crippen molar-refractivity contribution in [2.45, 2.75) is 32.5 Å². The Morgan fingerprint density at radius 2 is 1.97 bits per heavy atom. The number of nitrogens with one attached hydrogen (secondary N) is 1. The van der Waals surface area contributed by atoms with Gasteiger partial charge in [-0.05, 0) is 73.8 Å². The van der Waals surface area contributed by atoms with Crippen LogP contribution in [-0.4, -0.2) is 47.5 Å². The fourth-order valence-corrected chi connectivity index (χ4v) is 5.13. The van der Waals surface area contributed by atoms with Crippen LogP contribution in [0.2, 0.25) is 0 Å². The molecule has 1 N–H and O–H groups in total. The van der Waals surface area contributed by atoms with Gasteiger partial charge in [0.25, 0.3) is 0 Å². The predicted octanol–water partition coefficient (Wildman–Crippen LogP) is 6.49. The SMILES string of the molecule is COC(=O)c1cc2nc(NC(C)c3cccc(C(F)(F)F)c3C)c3cc(C4=CCN(C)CC4)ccc3n2c1. The summed E-state index contributed by atoms with van der Waals surface area (Å²) >= 11 is 0. The maximum atomic E-state index is 13.6. The highest BCUT2D eigenvalue weighted by molar-refractivity contribution is 5.97. The fourth-order valence-electron chi connectivity index (χ4n) is 5.13. The van der Waals surface area contributed by atoms with Crippen LogP contribution in [0.15, 0.2) is 54.7 Å². The summed E-state index contributed by atoms with van der Waals surface area (Å²) in [6.45, 7) is 5.13. The number of halogens is 3. The van der Waals surface area contributed by atoms with Gasteiger partial charge < -0.3 is 19.4 Å². The number of carbonyl (C=O) groups excluding carboxylic acids is 1. The van der Waals surface area contributed by atoms with Crippen molar-refractivity contribution >= 4 is 33.9 Å². The summed E-state index contributed by atoms with van der Waals surface area (Å²) in [6, 6.07) is 11.5. The molecule has 0 saturated heterocycles. The van der Waals surface area contributed by atoms with Crippen LogP contribution in [0.25, 0.3) is 22.1 Å². The lowest BCUT2D eigenvalue weighted by molar-refractivity contribution is -0.138. The van der Waals surface area contributed by atoms with E-state index in [-0.39, 0.29) is 5.56 Å². The molecule has 0 amide bonds. The standard InChI is InChI=1S/C29H29F3N4O2/c1-17-22(6-5-7-24(17)29(30,31)32)18(2)33-27-23-14-20(19-10-12-35(3)13-11-19)8-9-25(23)36-16-21(28(37)38-4)15-26(36)34-27/h5-10,14-16,18H,11-13H2,1-4H3,(H,33,34). The summed E-state index contributed by atoms with van der Waals surface area (Å²) in [5, 5.41) is 4.17. The van der Waals surface area contributed by atoms with E-state index in [1.54, 1.807) is 18.3 Å². The topological polar surface area (TPSA) is 58.9 Å². The molecule has 9 heteroatoms. The Labute approximate surface area is 218 Å². The largest absolute Gasteiger partial charge is 0.465 e. The minimum atomic E-state index is -4.43. The van der Waals surface area contributed by atoms with Crippen LogP contribution in [-0.2, 0) is 10.9 Å². The van der Waals surface area contributed by atoms with Crippen molar-refractivity contribution in [3.63, 3.8) is 0 Å². The minimum Gasteiger partial charge on any atom is -0.465 e. The maximum Gasteiger partial charge on any atom is 0.416 e. The number of aromatic nitrogens is 2. The van der Waals surface area contributed by atoms with Gasteiger partial charge in [-0.1, -0.05) is 24.3 Å². The zero-order valence-electron chi connectivity index (χ0n) is 21.7. The van der Waals surface area contributed by atoms with Crippen LogP contribution in [0.4, 0.5) is 19.0 Å². The first-order chi connectivity index (χ1) is 18.1. The minimum absolute atomic E-state index is 0.179. The number of methoxy groups -OCH3 is 1. The van der Waals surface area contributed by atoms with Crippen molar-refractivity contribution in [2.24, 2.45) is 0 Å². The predicted molar refractivity (Wildman–Crippen MR) is 142 cm³/mol. The van der Waals surface area contributed by atoms with Crippen molar-refractivity contribution in [1.82, 2.24) is 14.3 Å². The van der Waals surface area contributed by atoms with Gasteiger partial charge in [-0.15, -0.1) is 0 Å². The molecule has 5 rings (SSSR count). The highest BCUT2D eigenvalue weighted by Crippen LogP contribution is 2.36. The Morgan fingerprint density at radius 3 is 2.66 bits per heavy atom. The Kier molecular flexibility index (Phi) is 6.65. The molecule has 1 unspecified atom stereocenters. The lowest BCUT2D eigenvalue weighted by atomic mass is 9.96. The number of likely N-dealkylation sites (N-methyl/N-ethyl adjacent to an activating group) is 1. The van der Waals surface area contributed by atoms with Crippen molar-refractivity contribution in [3.8, 4) is 0 Å². The number of ether oxygens (including phenoxy) is 1. The Hall–Kier alpha value is -3.85. The van der Waals surface area contributed by atoms with Gasteiger partial charge in [-0.2, -0.15) is 13.2 Å². The van der Waals surface area contributed by atoms with E-state index in [1.165, 1.54) is 25.7 Å². The molecule has 3 heterocycles. The lowest BCUT2D eigenvalue weighted by Gasteiger charge is -2.23. The van der Waals surface area contributed by atoms with Gasteiger partial charge in [0, 0.05) is 24.7 Å². The lowest BCUT2D eigenvalue weighted by Crippen LogP contribution is -2.23. The van der Waals surface area contributed by atoms with Crippen LogP contribution < -0.4 is 5.32 Å². The molecule has 6 nitrogen and oxygen atoms in total. The number of nitrogens with zero attached hydrogens (tertiary/aromatic N) is 3. The molecule has 0 aliphatic carbocycles. The van der Waals surface area contributed by atoms with E-state index in [0.29, 0.717) is 22.6 Å². The summed E-state index contributed by atoms with van der Waals surface area (Å²) in [6.07, 6.45) is 0.380. The van der Waals surface area contributed by atoms with E-state index >= 15 is 0 Å². The number of carbonyl (C=O) groups is 1. The van der Waals surface area contributed by atoms with E-state index in [1.807, 2.05) is 17.4 Å². The highest BCUT2D eigenvalue weighted by Gasteiger charge is 2.33. The second-order valence-electron chi connectivity index (χ2n) is 9.77. The molecule has 0 saturated carbocycles. The number of fused-ring (bicyclic) bond motifs is 3. The van der Waals surface area contributed by atoms with Gasteiger partial charge in [-0.25, -0.2) is 9.78 Å². The molecule has 38 heavy (non-hydrogen) atoms. The molecule has 0 bridgehead atoms. The second kappa shape index (κ2) is 9.79. The third kappa shape index (κ3) is 4.74. The monoisotopic (exact) mass is 522 g/mol. The Morgan fingerprint density at radius 1 is 1.18 bits per heavy atom. The smallest absolute Gasteiger partial charge is 0.416 e. The van der Waals surface area contributed by atoms with E-state index in [0.717, 1.165) is 42.0 Å². The molecular weight excluding hydrogens is 493 g/mol. The number of anilines is 1. The molecule has 198 valence electrons. The van der Waals surface area contributed by atoms with Crippen LogP contribution in [0.1, 0.15) is 52.0 Å². The molecule has 1 atom stereocenters. The number of alkyl halides is 3. The summed E-state index contributed by atoms with van der Waals surface area (Å²) in [5.41, 5.74) is 4.08. The second-order valence-corrected chi connectivity index (χ2v) is 9.77. The number of esters is 1.